The van der Waals surface area contributed by atoms with Crippen LogP contribution in [0.5, 0.6) is 0 Å². The molecule has 1 amide bonds. The largest absolute Gasteiger partial charge is 0.449 e. The highest BCUT2D eigenvalue weighted by atomic mass is 32.2. The lowest BCUT2D eigenvalue weighted by atomic mass is 9.65. The van der Waals surface area contributed by atoms with Crippen LogP contribution >= 0.6 is 23.5 Å². The molecule has 1 spiro atoms. The molecule has 0 radical (unpaired) electrons. The Balaban J connectivity index is 1.46. The minimum absolute atomic E-state index is 0.0538. The van der Waals surface area contributed by atoms with Crippen molar-refractivity contribution in [2.24, 2.45) is 11.3 Å². The lowest BCUT2D eigenvalue weighted by molar-refractivity contribution is 0.0698. The van der Waals surface area contributed by atoms with Crippen LogP contribution in [-0.2, 0) is 4.74 Å². The van der Waals surface area contributed by atoms with Gasteiger partial charge < -0.3 is 10.1 Å². The second-order valence-corrected chi connectivity index (χ2v) is 11.7. The number of hydrogen-bond acceptors (Lipinski definition) is 4. The van der Waals surface area contributed by atoms with Crippen molar-refractivity contribution in [1.82, 2.24) is 5.32 Å². The first-order chi connectivity index (χ1) is 13.4. The number of thioether (sulfide) groups is 2. The molecule has 28 heavy (non-hydrogen) atoms. The van der Waals surface area contributed by atoms with Crippen molar-refractivity contribution in [3.05, 3.63) is 47.0 Å². The normalized spacial score (nSPS) is 29.6. The summed E-state index contributed by atoms with van der Waals surface area (Å²) in [5.41, 5.74) is 4.32. The van der Waals surface area contributed by atoms with Gasteiger partial charge in [-0.2, -0.15) is 0 Å². The zero-order valence-corrected chi connectivity index (χ0v) is 18.8. The number of nitrogens with one attached hydrogen (secondary N) is 1. The van der Waals surface area contributed by atoms with Gasteiger partial charge in [-0.3, -0.25) is 0 Å². The van der Waals surface area contributed by atoms with Crippen molar-refractivity contribution in [1.29, 1.82) is 0 Å². The number of hydrogen-bond donors (Lipinski definition) is 1. The summed E-state index contributed by atoms with van der Waals surface area (Å²) in [6.45, 7) is 7.16. The number of carbonyl (C=O) groups excluding carboxylic acids is 1. The van der Waals surface area contributed by atoms with Gasteiger partial charge in [-0.25, -0.2) is 4.79 Å². The first-order valence-electron chi connectivity index (χ1n) is 10.4. The first kappa shape index (κ1) is 20.2. The molecule has 0 saturated carbocycles. The molecule has 1 aromatic rings. The van der Waals surface area contributed by atoms with E-state index in [9.17, 15) is 4.79 Å². The SMILES string of the molecule is CC(NC(=O)OCC1(C)C2=C(CCC1C)CCC21SCCS1)c1ccccc1. The monoisotopic (exact) mass is 417 g/mol. The Morgan fingerprint density at radius 1 is 1.25 bits per heavy atom. The molecular formula is C23H31NO2S2. The summed E-state index contributed by atoms with van der Waals surface area (Å²) >= 11 is 4.27. The molecule has 1 fully saturated rings. The van der Waals surface area contributed by atoms with E-state index in [1.807, 2.05) is 37.3 Å². The minimum atomic E-state index is -0.309. The molecule has 0 aromatic heterocycles. The van der Waals surface area contributed by atoms with Gasteiger partial charge in [-0.15, -0.1) is 23.5 Å². The van der Waals surface area contributed by atoms with Crippen LogP contribution in [0.3, 0.4) is 0 Å². The molecule has 1 aliphatic heterocycles. The van der Waals surface area contributed by atoms with Crippen molar-refractivity contribution < 1.29 is 9.53 Å². The zero-order valence-electron chi connectivity index (χ0n) is 17.1. The highest BCUT2D eigenvalue weighted by Crippen LogP contribution is 2.65. The Bertz CT molecular complexity index is 757. The quantitative estimate of drug-likeness (QED) is 0.594. The molecular weight excluding hydrogens is 386 g/mol. The van der Waals surface area contributed by atoms with E-state index in [0.717, 1.165) is 5.56 Å². The van der Waals surface area contributed by atoms with Gasteiger partial charge in [-0.05, 0) is 49.7 Å². The average Bonchev–Trinajstić information content (AvgIpc) is 3.32. The van der Waals surface area contributed by atoms with Crippen LogP contribution in [0.15, 0.2) is 41.5 Å². The molecule has 2 aliphatic carbocycles. The highest BCUT2D eigenvalue weighted by molar-refractivity contribution is 8.21. The van der Waals surface area contributed by atoms with Gasteiger partial charge in [0, 0.05) is 16.9 Å². The molecule has 0 bridgehead atoms. The van der Waals surface area contributed by atoms with Gasteiger partial charge in [0.05, 0.1) is 10.1 Å². The molecule has 4 rings (SSSR count). The number of rotatable bonds is 4. The standard InChI is InChI=1S/C23H31NO2S2/c1-16-9-10-19-11-12-23(27-13-14-28-23)20(19)22(16,3)15-26-21(25)24-17(2)18-7-5-4-6-8-18/h4-8,16-17H,9-15H2,1-3H3,(H,24,25). The van der Waals surface area contributed by atoms with Crippen LogP contribution in [0.25, 0.3) is 0 Å². The lowest BCUT2D eigenvalue weighted by Crippen LogP contribution is -2.43. The molecule has 1 heterocycles. The van der Waals surface area contributed by atoms with Crippen LogP contribution < -0.4 is 5.32 Å². The van der Waals surface area contributed by atoms with Crippen LogP contribution in [0.2, 0.25) is 0 Å². The Hall–Kier alpha value is -1.07. The van der Waals surface area contributed by atoms with Crippen molar-refractivity contribution >= 4 is 29.6 Å². The lowest BCUT2D eigenvalue weighted by Gasteiger charge is -2.46. The van der Waals surface area contributed by atoms with Gasteiger partial charge in [0.15, 0.2) is 0 Å². The topological polar surface area (TPSA) is 38.3 Å². The van der Waals surface area contributed by atoms with E-state index in [4.69, 9.17) is 4.74 Å². The van der Waals surface area contributed by atoms with Crippen molar-refractivity contribution in [3.63, 3.8) is 0 Å². The maximum absolute atomic E-state index is 12.6. The maximum Gasteiger partial charge on any atom is 0.407 e. The first-order valence-corrected chi connectivity index (χ1v) is 12.4. The van der Waals surface area contributed by atoms with Gasteiger partial charge in [0.25, 0.3) is 0 Å². The number of benzene rings is 1. The third-order valence-corrected chi connectivity index (χ3v) is 10.5. The fourth-order valence-electron chi connectivity index (χ4n) is 5.10. The second kappa shape index (κ2) is 7.98. The average molecular weight is 418 g/mol. The number of allylic oxidation sites excluding steroid dienone is 1. The van der Waals surface area contributed by atoms with Crippen LogP contribution in [0.4, 0.5) is 4.79 Å². The molecule has 5 heteroatoms. The summed E-state index contributed by atoms with van der Waals surface area (Å²) in [6, 6.07) is 9.98. The Kier molecular flexibility index (Phi) is 5.76. The second-order valence-electron chi connectivity index (χ2n) is 8.64. The summed E-state index contributed by atoms with van der Waals surface area (Å²) in [6.07, 6.45) is 4.61. The van der Waals surface area contributed by atoms with E-state index >= 15 is 0 Å². The van der Waals surface area contributed by atoms with E-state index < -0.39 is 0 Å². The van der Waals surface area contributed by atoms with Gasteiger partial charge in [-0.1, -0.05) is 49.8 Å². The molecule has 1 aromatic carbocycles. The van der Waals surface area contributed by atoms with Crippen molar-refractivity contribution in [3.8, 4) is 0 Å². The number of carbonyl (C=O) groups is 1. The van der Waals surface area contributed by atoms with Gasteiger partial charge >= 0.3 is 6.09 Å². The number of ether oxygens (including phenoxy) is 1. The maximum atomic E-state index is 12.6. The third kappa shape index (κ3) is 3.60. The smallest absolute Gasteiger partial charge is 0.407 e. The third-order valence-electron chi connectivity index (χ3n) is 6.92. The van der Waals surface area contributed by atoms with Crippen LogP contribution in [-0.4, -0.2) is 28.3 Å². The highest BCUT2D eigenvalue weighted by Gasteiger charge is 2.55. The Morgan fingerprint density at radius 2 is 1.96 bits per heavy atom. The van der Waals surface area contributed by atoms with Crippen molar-refractivity contribution in [2.75, 3.05) is 18.1 Å². The summed E-state index contributed by atoms with van der Waals surface area (Å²) in [5, 5.41) is 3.00. The summed E-state index contributed by atoms with van der Waals surface area (Å²) < 4.78 is 6.10. The van der Waals surface area contributed by atoms with Crippen molar-refractivity contribution in [2.45, 2.75) is 56.6 Å². The fourth-order valence-corrected chi connectivity index (χ4v) is 8.79. The summed E-state index contributed by atoms with van der Waals surface area (Å²) in [5.74, 6) is 3.01. The molecule has 3 nitrogen and oxygen atoms in total. The molecule has 3 aliphatic rings. The zero-order chi connectivity index (χ0) is 19.8. The Morgan fingerprint density at radius 3 is 2.68 bits per heavy atom. The van der Waals surface area contributed by atoms with E-state index in [2.05, 4.69) is 42.7 Å². The van der Waals surface area contributed by atoms with Gasteiger partial charge in [0.2, 0.25) is 0 Å². The number of fused-ring (bicyclic) bond motifs is 1. The predicted molar refractivity (Wildman–Crippen MR) is 120 cm³/mol. The van der Waals surface area contributed by atoms with E-state index in [-0.39, 0.29) is 21.6 Å². The molecule has 1 saturated heterocycles. The molecule has 1 N–H and O–H groups in total. The minimum Gasteiger partial charge on any atom is -0.449 e. The summed E-state index contributed by atoms with van der Waals surface area (Å²) in [4.78, 5) is 12.6. The molecule has 152 valence electrons. The van der Waals surface area contributed by atoms with E-state index in [1.165, 1.54) is 37.2 Å². The van der Waals surface area contributed by atoms with E-state index in [0.29, 0.717) is 12.5 Å². The Labute approximate surface area is 177 Å². The fraction of sp³-hybridized carbons (Fsp3) is 0.609. The molecule has 3 atom stereocenters. The predicted octanol–water partition coefficient (Wildman–Crippen LogP) is 6.18. The van der Waals surface area contributed by atoms with Crippen LogP contribution in [0, 0.1) is 11.3 Å². The number of amides is 1. The van der Waals surface area contributed by atoms with E-state index in [1.54, 1.807) is 11.1 Å². The molecule has 3 unspecified atom stereocenters. The van der Waals surface area contributed by atoms with Gasteiger partial charge in [0.1, 0.15) is 6.61 Å². The summed E-state index contributed by atoms with van der Waals surface area (Å²) in [7, 11) is 0. The van der Waals surface area contributed by atoms with Crippen LogP contribution in [0.1, 0.15) is 58.1 Å². The number of alkyl carbamates (subject to hydrolysis) is 1.